The maximum Gasteiger partial charge on any atom is 0.0951 e. The third-order valence-corrected chi connectivity index (χ3v) is 5.18. The van der Waals surface area contributed by atoms with Gasteiger partial charge in [-0.2, -0.15) is 11.8 Å². The van der Waals surface area contributed by atoms with Crippen LogP contribution in [0.1, 0.15) is 26.2 Å². The summed E-state index contributed by atoms with van der Waals surface area (Å²) in [6.07, 6.45) is 5.63. The number of hydrogen-bond donors (Lipinski definition) is 2. The average molecular weight is 287 g/mol. The van der Waals surface area contributed by atoms with Gasteiger partial charge in [-0.1, -0.05) is 6.92 Å². The summed E-state index contributed by atoms with van der Waals surface area (Å²) in [5, 5.41) is 5.63. The normalized spacial score (nSPS) is 22.2. The second-order valence-electron chi connectivity index (χ2n) is 5.33. The molecule has 20 heavy (non-hydrogen) atoms. The standard InChI is InChI=1S/C16H21N3S/c1-2-20-12-6-5-11(10-12)19-15-8-7-14(17)16-13(15)4-3-9-18-16/h3-4,7-9,11-12,19H,2,5-6,10,17H2,1H3. The van der Waals surface area contributed by atoms with Gasteiger partial charge in [0, 0.05) is 28.6 Å². The number of fused-ring (bicyclic) bond motifs is 1. The van der Waals surface area contributed by atoms with E-state index in [4.69, 9.17) is 5.73 Å². The number of rotatable bonds is 4. The predicted octanol–water partition coefficient (Wildman–Crippen LogP) is 3.90. The first-order chi connectivity index (χ1) is 9.78. The van der Waals surface area contributed by atoms with E-state index < -0.39 is 0 Å². The van der Waals surface area contributed by atoms with Crippen LogP contribution in [0.3, 0.4) is 0 Å². The van der Waals surface area contributed by atoms with Crippen LogP contribution in [-0.2, 0) is 0 Å². The molecule has 1 aliphatic carbocycles. The number of anilines is 2. The van der Waals surface area contributed by atoms with Gasteiger partial charge < -0.3 is 11.1 Å². The highest BCUT2D eigenvalue weighted by Gasteiger charge is 2.24. The molecule has 3 nitrogen and oxygen atoms in total. The molecule has 2 unspecified atom stereocenters. The quantitative estimate of drug-likeness (QED) is 0.837. The van der Waals surface area contributed by atoms with E-state index in [2.05, 4.69) is 41.1 Å². The molecule has 2 atom stereocenters. The van der Waals surface area contributed by atoms with Crippen molar-refractivity contribution in [2.75, 3.05) is 16.8 Å². The van der Waals surface area contributed by atoms with Crippen molar-refractivity contribution in [3.63, 3.8) is 0 Å². The van der Waals surface area contributed by atoms with Gasteiger partial charge in [-0.05, 0) is 49.3 Å². The molecule has 0 amide bonds. The van der Waals surface area contributed by atoms with E-state index in [0.717, 1.165) is 27.5 Å². The second-order valence-corrected chi connectivity index (χ2v) is 6.91. The summed E-state index contributed by atoms with van der Waals surface area (Å²) in [6.45, 7) is 2.24. The molecule has 106 valence electrons. The predicted molar refractivity (Wildman–Crippen MR) is 89.3 cm³/mol. The van der Waals surface area contributed by atoms with Gasteiger partial charge in [-0.25, -0.2) is 0 Å². The summed E-state index contributed by atoms with van der Waals surface area (Å²) in [5.41, 5.74) is 8.81. The minimum atomic E-state index is 0.575. The molecule has 1 aliphatic rings. The van der Waals surface area contributed by atoms with Crippen molar-refractivity contribution in [3.8, 4) is 0 Å². The van der Waals surface area contributed by atoms with Crippen molar-refractivity contribution >= 4 is 34.0 Å². The van der Waals surface area contributed by atoms with Crippen LogP contribution >= 0.6 is 11.8 Å². The van der Waals surface area contributed by atoms with E-state index >= 15 is 0 Å². The Morgan fingerprint density at radius 1 is 1.35 bits per heavy atom. The van der Waals surface area contributed by atoms with Gasteiger partial charge in [0.15, 0.2) is 0 Å². The molecule has 0 radical (unpaired) electrons. The lowest BCUT2D eigenvalue weighted by Crippen LogP contribution is -2.16. The molecule has 0 bridgehead atoms. The second kappa shape index (κ2) is 5.92. The van der Waals surface area contributed by atoms with Crippen LogP contribution in [0, 0.1) is 0 Å². The third kappa shape index (κ3) is 2.70. The molecule has 1 saturated carbocycles. The number of benzene rings is 1. The largest absolute Gasteiger partial charge is 0.397 e. The van der Waals surface area contributed by atoms with Crippen molar-refractivity contribution in [3.05, 3.63) is 30.5 Å². The highest BCUT2D eigenvalue weighted by molar-refractivity contribution is 7.99. The molecule has 4 heteroatoms. The number of nitrogens with one attached hydrogen (secondary N) is 1. The molecule has 0 spiro atoms. The summed E-state index contributed by atoms with van der Waals surface area (Å²) in [4.78, 5) is 4.39. The van der Waals surface area contributed by atoms with E-state index in [9.17, 15) is 0 Å². The molecule has 3 N–H and O–H groups in total. The molecule has 1 fully saturated rings. The van der Waals surface area contributed by atoms with E-state index in [1.54, 1.807) is 6.20 Å². The summed E-state index contributed by atoms with van der Waals surface area (Å²) in [7, 11) is 0. The number of pyridine rings is 1. The van der Waals surface area contributed by atoms with Gasteiger partial charge in [-0.15, -0.1) is 0 Å². The Balaban J connectivity index is 1.80. The summed E-state index contributed by atoms with van der Waals surface area (Å²) in [5.74, 6) is 1.21. The van der Waals surface area contributed by atoms with E-state index in [0.29, 0.717) is 6.04 Å². The first kappa shape index (κ1) is 13.6. The Kier molecular flexibility index (Phi) is 4.01. The Bertz CT molecular complexity index is 599. The van der Waals surface area contributed by atoms with Gasteiger partial charge >= 0.3 is 0 Å². The fourth-order valence-corrected chi connectivity index (χ4v) is 4.14. The Morgan fingerprint density at radius 3 is 3.10 bits per heavy atom. The molecular formula is C16H21N3S. The SMILES string of the molecule is CCSC1CCC(Nc2ccc(N)c3ncccc23)C1. The van der Waals surface area contributed by atoms with E-state index in [1.165, 1.54) is 25.0 Å². The van der Waals surface area contributed by atoms with Crippen LogP contribution in [0.4, 0.5) is 11.4 Å². The fourth-order valence-electron chi connectivity index (χ4n) is 3.00. The van der Waals surface area contributed by atoms with Crippen molar-refractivity contribution in [1.29, 1.82) is 0 Å². The smallest absolute Gasteiger partial charge is 0.0951 e. The maximum atomic E-state index is 6.00. The summed E-state index contributed by atoms with van der Waals surface area (Å²) >= 11 is 2.09. The highest BCUT2D eigenvalue weighted by Crippen LogP contribution is 2.33. The molecule has 0 aliphatic heterocycles. The fraction of sp³-hybridized carbons (Fsp3) is 0.438. The summed E-state index contributed by atoms with van der Waals surface area (Å²) in [6, 6.07) is 8.67. The van der Waals surface area contributed by atoms with Gasteiger partial charge in [-0.3, -0.25) is 4.98 Å². The molecule has 1 aromatic carbocycles. The number of thioether (sulfide) groups is 1. The van der Waals surface area contributed by atoms with Crippen molar-refractivity contribution in [1.82, 2.24) is 4.98 Å². The first-order valence-electron chi connectivity index (χ1n) is 7.29. The molecule has 1 heterocycles. The number of nitrogen functional groups attached to an aromatic ring is 1. The average Bonchev–Trinajstić information content (AvgIpc) is 2.90. The zero-order valence-corrected chi connectivity index (χ0v) is 12.6. The van der Waals surface area contributed by atoms with Crippen molar-refractivity contribution in [2.24, 2.45) is 0 Å². The van der Waals surface area contributed by atoms with Crippen LogP contribution in [0.5, 0.6) is 0 Å². The topological polar surface area (TPSA) is 50.9 Å². The number of nitrogens with two attached hydrogens (primary N) is 1. The highest BCUT2D eigenvalue weighted by atomic mass is 32.2. The van der Waals surface area contributed by atoms with Gasteiger partial charge in [0.25, 0.3) is 0 Å². The lowest BCUT2D eigenvalue weighted by molar-refractivity contribution is 0.758. The molecule has 1 aromatic heterocycles. The molecule has 3 rings (SSSR count). The Morgan fingerprint density at radius 2 is 2.25 bits per heavy atom. The minimum absolute atomic E-state index is 0.575. The van der Waals surface area contributed by atoms with Crippen LogP contribution in [0.25, 0.3) is 10.9 Å². The van der Waals surface area contributed by atoms with Crippen molar-refractivity contribution in [2.45, 2.75) is 37.5 Å². The number of hydrogen-bond acceptors (Lipinski definition) is 4. The van der Waals surface area contributed by atoms with Crippen LogP contribution in [-0.4, -0.2) is 22.0 Å². The maximum absolute atomic E-state index is 6.00. The van der Waals surface area contributed by atoms with E-state index in [-0.39, 0.29) is 0 Å². The third-order valence-electron chi connectivity index (χ3n) is 3.95. The molecule has 2 aromatic rings. The molecular weight excluding hydrogens is 266 g/mol. The number of aromatic nitrogens is 1. The van der Waals surface area contributed by atoms with E-state index in [1.807, 2.05) is 12.1 Å². The van der Waals surface area contributed by atoms with Crippen molar-refractivity contribution < 1.29 is 0 Å². The van der Waals surface area contributed by atoms with Crippen LogP contribution in [0.15, 0.2) is 30.5 Å². The lowest BCUT2D eigenvalue weighted by atomic mass is 10.1. The lowest BCUT2D eigenvalue weighted by Gasteiger charge is -2.16. The Hall–Kier alpha value is -1.42. The van der Waals surface area contributed by atoms with Gasteiger partial charge in [0.2, 0.25) is 0 Å². The minimum Gasteiger partial charge on any atom is -0.397 e. The molecule has 0 saturated heterocycles. The van der Waals surface area contributed by atoms with Gasteiger partial charge in [0.1, 0.15) is 0 Å². The monoisotopic (exact) mass is 287 g/mol. The zero-order valence-electron chi connectivity index (χ0n) is 11.8. The van der Waals surface area contributed by atoms with Gasteiger partial charge in [0.05, 0.1) is 11.2 Å². The summed E-state index contributed by atoms with van der Waals surface area (Å²) < 4.78 is 0. The van der Waals surface area contributed by atoms with Crippen LogP contribution in [0.2, 0.25) is 0 Å². The first-order valence-corrected chi connectivity index (χ1v) is 8.34. The van der Waals surface area contributed by atoms with Crippen LogP contribution < -0.4 is 11.1 Å². The zero-order chi connectivity index (χ0) is 13.9. The Labute approximate surface area is 124 Å². The number of nitrogens with zero attached hydrogens (tertiary/aromatic N) is 1.